The highest BCUT2D eigenvalue weighted by atomic mass is 35.5. The third-order valence-electron chi connectivity index (χ3n) is 6.41. The molecule has 1 aromatic carbocycles. The molecular formula is C23H22ClF3N6O2. The first-order chi connectivity index (χ1) is 16.7. The van der Waals surface area contributed by atoms with Crippen molar-refractivity contribution in [2.24, 2.45) is 0 Å². The van der Waals surface area contributed by atoms with Gasteiger partial charge in [0.15, 0.2) is 0 Å². The molecule has 0 spiro atoms. The van der Waals surface area contributed by atoms with Crippen LogP contribution in [0.5, 0.6) is 0 Å². The second kappa shape index (κ2) is 9.03. The van der Waals surface area contributed by atoms with E-state index in [9.17, 15) is 22.8 Å². The number of anilines is 2. The lowest BCUT2D eigenvalue weighted by atomic mass is 9.97. The molecular weight excluding hydrogens is 485 g/mol. The van der Waals surface area contributed by atoms with Gasteiger partial charge in [-0.05, 0) is 49.9 Å². The first kappa shape index (κ1) is 23.4. The number of carbonyl (C=O) groups excluding carboxylic acids is 2. The Balaban J connectivity index is 1.36. The van der Waals surface area contributed by atoms with Crippen molar-refractivity contribution in [1.82, 2.24) is 19.9 Å². The normalized spacial score (nSPS) is 21.6. The minimum Gasteiger partial charge on any atom is -0.374 e. The monoisotopic (exact) mass is 506 g/mol. The van der Waals surface area contributed by atoms with Crippen LogP contribution in [0, 0.1) is 0 Å². The highest BCUT2D eigenvalue weighted by Gasteiger charge is 2.41. The predicted octanol–water partition coefficient (Wildman–Crippen LogP) is 4.23. The molecule has 12 heteroatoms. The van der Waals surface area contributed by atoms with E-state index in [4.69, 9.17) is 11.6 Å². The molecule has 2 aliphatic heterocycles. The Bertz CT molecular complexity index is 1280. The van der Waals surface area contributed by atoms with Gasteiger partial charge in [0.05, 0.1) is 10.9 Å². The van der Waals surface area contributed by atoms with E-state index in [-0.39, 0.29) is 22.5 Å². The Morgan fingerprint density at radius 3 is 2.66 bits per heavy atom. The second-order valence-electron chi connectivity index (χ2n) is 8.68. The lowest BCUT2D eigenvalue weighted by Crippen LogP contribution is -2.59. The van der Waals surface area contributed by atoms with Gasteiger partial charge in [-0.1, -0.05) is 11.6 Å². The summed E-state index contributed by atoms with van der Waals surface area (Å²) in [4.78, 5) is 41.5. The Labute approximate surface area is 203 Å². The summed E-state index contributed by atoms with van der Waals surface area (Å²) in [6, 6.07) is 3.49. The molecule has 2 amide bonds. The van der Waals surface area contributed by atoms with Crippen LogP contribution < -0.4 is 10.2 Å². The van der Waals surface area contributed by atoms with Crippen LogP contribution in [0.1, 0.15) is 31.2 Å². The summed E-state index contributed by atoms with van der Waals surface area (Å²) in [6.07, 6.45) is 0.769. The number of piperidine rings is 2. The van der Waals surface area contributed by atoms with Crippen LogP contribution in [0.15, 0.2) is 36.8 Å². The van der Waals surface area contributed by atoms with Crippen molar-refractivity contribution in [2.45, 2.75) is 43.9 Å². The molecule has 2 N–H and O–H groups in total. The minimum absolute atomic E-state index is 0.0820. The molecule has 2 aliphatic rings. The Morgan fingerprint density at radius 1 is 1.06 bits per heavy atom. The zero-order valence-electron chi connectivity index (χ0n) is 18.5. The van der Waals surface area contributed by atoms with E-state index in [2.05, 4.69) is 20.3 Å². The number of fused-ring (bicyclic) bond motifs is 1. The number of nitrogens with one attached hydrogen (secondary N) is 2. The summed E-state index contributed by atoms with van der Waals surface area (Å²) < 4.78 is 39.6. The molecule has 2 fully saturated rings. The molecule has 2 atom stereocenters. The Hall–Kier alpha value is -3.34. The average molecular weight is 507 g/mol. The van der Waals surface area contributed by atoms with Crippen molar-refractivity contribution in [3.8, 4) is 0 Å². The molecule has 8 nitrogen and oxygen atoms in total. The maximum absolute atomic E-state index is 13.5. The van der Waals surface area contributed by atoms with Crippen LogP contribution in [0.4, 0.5) is 24.7 Å². The zero-order valence-corrected chi connectivity index (χ0v) is 19.2. The average Bonchev–Trinajstić information content (AvgIpc) is 3.29. The number of amides is 2. The molecule has 184 valence electrons. The van der Waals surface area contributed by atoms with E-state index in [1.807, 2.05) is 0 Å². The van der Waals surface area contributed by atoms with Crippen LogP contribution in [-0.2, 0) is 15.8 Å². The van der Waals surface area contributed by atoms with Crippen molar-refractivity contribution in [3.63, 3.8) is 0 Å². The number of aromatic nitrogens is 3. The molecule has 35 heavy (non-hydrogen) atoms. The van der Waals surface area contributed by atoms with Crippen LogP contribution in [-0.4, -0.2) is 56.8 Å². The number of benzene rings is 1. The number of carbonyl (C=O) groups is 2. The van der Waals surface area contributed by atoms with E-state index in [1.165, 1.54) is 12.4 Å². The summed E-state index contributed by atoms with van der Waals surface area (Å²) in [5.41, 5.74) is -0.174. The maximum atomic E-state index is 13.5. The molecule has 0 bridgehead atoms. The summed E-state index contributed by atoms with van der Waals surface area (Å²) in [6.45, 7) is 0.868. The fourth-order valence-electron chi connectivity index (χ4n) is 4.81. The molecule has 5 rings (SSSR count). The van der Waals surface area contributed by atoms with Crippen LogP contribution in [0.25, 0.3) is 11.0 Å². The van der Waals surface area contributed by atoms with Gasteiger partial charge in [0.2, 0.25) is 5.91 Å². The summed E-state index contributed by atoms with van der Waals surface area (Å²) in [5, 5.41) is 3.54. The third-order valence-corrected chi connectivity index (χ3v) is 6.63. The van der Waals surface area contributed by atoms with Gasteiger partial charge in [0, 0.05) is 30.0 Å². The van der Waals surface area contributed by atoms with Crippen molar-refractivity contribution in [1.29, 1.82) is 0 Å². The highest BCUT2D eigenvalue weighted by Crippen LogP contribution is 2.34. The van der Waals surface area contributed by atoms with Crippen molar-refractivity contribution < 1.29 is 22.8 Å². The molecule has 2 aromatic heterocycles. The summed E-state index contributed by atoms with van der Waals surface area (Å²) in [7, 11) is 0. The zero-order chi connectivity index (χ0) is 24.7. The first-order valence-corrected chi connectivity index (χ1v) is 11.6. The van der Waals surface area contributed by atoms with E-state index < -0.39 is 23.8 Å². The number of hydrogen-bond acceptors (Lipinski definition) is 5. The number of nitrogens with zero attached hydrogens (tertiary/aromatic N) is 4. The highest BCUT2D eigenvalue weighted by molar-refractivity contribution is 6.31. The number of halogens is 4. The van der Waals surface area contributed by atoms with Gasteiger partial charge in [-0.2, -0.15) is 13.2 Å². The molecule has 3 aromatic rings. The summed E-state index contributed by atoms with van der Waals surface area (Å²) >= 11 is 5.89. The third kappa shape index (κ3) is 4.52. The minimum atomic E-state index is -4.56. The van der Waals surface area contributed by atoms with E-state index in [0.717, 1.165) is 12.1 Å². The van der Waals surface area contributed by atoms with Gasteiger partial charge in [0.25, 0.3) is 5.91 Å². The first-order valence-electron chi connectivity index (χ1n) is 11.3. The van der Waals surface area contributed by atoms with E-state index in [0.29, 0.717) is 55.6 Å². The number of hydrogen-bond donors (Lipinski definition) is 2. The van der Waals surface area contributed by atoms with E-state index >= 15 is 0 Å². The van der Waals surface area contributed by atoms with Crippen LogP contribution >= 0.6 is 11.6 Å². The smallest absolute Gasteiger partial charge is 0.374 e. The number of rotatable bonds is 4. The molecule has 0 aliphatic carbocycles. The van der Waals surface area contributed by atoms with Crippen molar-refractivity contribution >= 4 is 46.0 Å². The number of aromatic amines is 1. The lowest BCUT2D eigenvalue weighted by molar-refractivity contribution is -0.143. The lowest BCUT2D eigenvalue weighted by Gasteiger charge is -2.42. The number of H-pyrrole nitrogens is 1. The fourth-order valence-corrected chi connectivity index (χ4v) is 5.05. The molecule has 1 unspecified atom stereocenters. The molecule has 2 saturated heterocycles. The topological polar surface area (TPSA) is 94.2 Å². The molecule has 4 heterocycles. The van der Waals surface area contributed by atoms with Gasteiger partial charge in [-0.3, -0.25) is 14.5 Å². The second-order valence-corrected chi connectivity index (χ2v) is 9.12. The Morgan fingerprint density at radius 2 is 1.86 bits per heavy atom. The molecule has 0 radical (unpaired) electrons. The largest absolute Gasteiger partial charge is 0.416 e. The fraction of sp³-hybridized carbons (Fsp3) is 0.391. The number of alkyl halides is 3. The maximum Gasteiger partial charge on any atom is 0.416 e. The van der Waals surface area contributed by atoms with Gasteiger partial charge in [-0.25, -0.2) is 9.97 Å². The van der Waals surface area contributed by atoms with E-state index in [1.54, 1.807) is 22.1 Å². The standard InChI is InChI=1S/C23H22ClF3N6O2/c24-14-9-13(23(25,26)27)10-15(11-14)31-17-3-1-7-32(21(17)34)18-4-2-8-33(22(18)35)20-16-5-6-28-19(16)29-12-30-20/h5-6,9-12,17-18,31H,1-4,7-8H2,(H,28,29,30)/t17?,18-/m1/s1. The Kier molecular flexibility index (Phi) is 6.04. The van der Waals surface area contributed by atoms with Crippen LogP contribution in [0.3, 0.4) is 0 Å². The summed E-state index contributed by atoms with van der Waals surface area (Å²) in [5.74, 6) is -0.0586. The number of likely N-dealkylation sites (tertiary alicyclic amines) is 1. The van der Waals surface area contributed by atoms with Crippen LogP contribution in [0.2, 0.25) is 5.02 Å². The van der Waals surface area contributed by atoms with Gasteiger partial charge < -0.3 is 15.2 Å². The quantitative estimate of drug-likeness (QED) is 0.552. The van der Waals surface area contributed by atoms with Gasteiger partial charge in [-0.15, -0.1) is 0 Å². The van der Waals surface area contributed by atoms with Gasteiger partial charge >= 0.3 is 6.18 Å². The molecule has 0 saturated carbocycles. The SMILES string of the molecule is O=C1[C@H](N2CCCC(Nc3cc(Cl)cc(C(F)(F)F)c3)C2=O)CCCN1c1ncnc2[nH]ccc12. The van der Waals surface area contributed by atoms with Crippen molar-refractivity contribution in [2.75, 3.05) is 23.3 Å². The predicted molar refractivity (Wildman–Crippen MR) is 124 cm³/mol. The van der Waals surface area contributed by atoms with Gasteiger partial charge in [0.1, 0.15) is 29.9 Å². The van der Waals surface area contributed by atoms with Crippen molar-refractivity contribution in [3.05, 3.63) is 47.4 Å².